The van der Waals surface area contributed by atoms with Gasteiger partial charge in [0.2, 0.25) is 0 Å². The van der Waals surface area contributed by atoms with Gasteiger partial charge in [-0.2, -0.15) is 5.26 Å². The van der Waals surface area contributed by atoms with E-state index in [1.807, 2.05) is 0 Å². The monoisotopic (exact) mass is 292 g/mol. The number of nitrogens with one attached hydrogen (secondary N) is 1. The van der Waals surface area contributed by atoms with E-state index in [4.69, 9.17) is 16.1 Å². The van der Waals surface area contributed by atoms with E-state index < -0.39 is 22.0 Å². The Morgan fingerprint density at radius 2 is 2.19 bits per heavy atom. The van der Waals surface area contributed by atoms with Crippen LogP contribution in [0.5, 0.6) is 0 Å². The molecule has 1 aromatic carbocycles. The van der Waals surface area contributed by atoms with E-state index in [1.54, 1.807) is 19.9 Å². The summed E-state index contributed by atoms with van der Waals surface area (Å²) in [6, 6.07) is 4.40. The third-order valence-electron chi connectivity index (χ3n) is 3.10. The molecule has 0 amide bonds. The lowest BCUT2D eigenvalue weighted by Gasteiger charge is -2.19. The number of hydrogen-bond donors (Lipinski definition) is 3. The van der Waals surface area contributed by atoms with Crippen molar-refractivity contribution in [2.24, 2.45) is 5.41 Å². The molecule has 0 atom stereocenters. The number of carbonyl (C=O) groups is 1. The third kappa shape index (κ3) is 3.82. The predicted octanol–water partition coefficient (Wildman–Crippen LogP) is 1.96. The van der Waals surface area contributed by atoms with Crippen molar-refractivity contribution in [2.75, 3.05) is 17.6 Å². The van der Waals surface area contributed by atoms with Crippen LogP contribution in [0.2, 0.25) is 0 Å². The van der Waals surface area contributed by atoms with Crippen molar-refractivity contribution < 1.29 is 14.8 Å². The van der Waals surface area contributed by atoms with Gasteiger partial charge in [0.05, 0.1) is 10.3 Å². The molecule has 0 radical (unpaired) electrons. The Morgan fingerprint density at radius 3 is 2.67 bits per heavy atom. The number of nitrogen functional groups attached to an aromatic ring is 1. The van der Waals surface area contributed by atoms with Crippen molar-refractivity contribution in [3.05, 3.63) is 27.8 Å². The Morgan fingerprint density at radius 1 is 1.57 bits per heavy atom. The van der Waals surface area contributed by atoms with Gasteiger partial charge in [0, 0.05) is 12.2 Å². The van der Waals surface area contributed by atoms with Crippen LogP contribution < -0.4 is 11.1 Å². The molecule has 0 unspecified atom stereocenters. The number of anilines is 2. The molecular weight excluding hydrogens is 276 g/mol. The Bertz CT molecular complexity index is 619. The number of hydrogen-bond acceptors (Lipinski definition) is 6. The lowest BCUT2D eigenvalue weighted by Crippen LogP contribution is -2.26. The molecule has 0 aromatic heterocycles. The summed E-state index contributed by atoms with van der Waals surface area (Å²) in [5.74, 6) is -0.912. The maximum absolute atomic E-state index is 11.0. The van der Waals surface area contributed by atoms with Gasteiger partial charge in [0.25, 0.3) is 0 Å². The molecule has 0 aliphatic rings. The molecular formula is C13H16N4O4. The molecule has 0 heterocycles. The number of benzene rings is 1. The first-order chi connectivity index (χ1) is 9.69. The van der Waals surface area contributed by atoms with Crippen LogP contribution in [0.1, 0.15) is 25.8 Å². The van der Waals surface area contributed by atoms with E-state index in [9.17, 15) is 14.9 Å². The topological polar surface area (TPSA) is 142 Å². The van der Waals surface area contributed by atoms with Crippen LogP contribution in [0.15, 0.2) is 12.1 Å². The zero-order valence-corrected chi connectivity index (χ0v) is 11.7. The summed E-state index contributed by atoms with van der Waals surface area (Å²) in [5, 5.41) is 31.7. The van der Waals surface area contributed by atoms with Gasteiger partial charge >= 0.3 is 11.7 Å². The van der Waals surface area contributed by atoms with Gasteiger partial charge in [0.1, 0.15) is 17.3 Å². The van der Waals surface area contributed by atoms with Crippen LogP contribution >= 0.6 is 0 Å². The first kappa shape index (κ1) is 16.2. The number of nitro benzene ring substituents is 1. The zero-order chi connectivity index (χ0) is 16.2. The first-order valence-electron chi connectivity index (χ1n) is 6.14. The molecule has 4 N–H and O–H groups in total. The highest BCUT2D eigenvalue weighted by Crippen LogP contribution is 2.30. The molecule has 0 saturated heterocycles. The van der Waals surface area contributed by atoms with Gasteiger partial charge in [0.15, 0.2) is 0 Å². The molecule has 21 heavy (non-hydrogen) atoms. The van der Waals surface area contributed by atoms with Gasteiger partial charge in [-0.15, -0.1) is 0 Å². The highest BCUT2D eigenvalue weighted by atomic mass is 16.6. The fourth-order valence-corrected chi connectivity index (χ4v) is 1.67. The lowest BCUT2D eigenvalue weighted by molar-refractivity contribution is -0.384. The smallest absolute Gasteiger partial charge is 0.309 e. The van der Waals surface area contributed by atoms with E-state index in [0.29, 0.717) is 18.7 Å². The molecule has 8 heteroatoms. The first-order valence-corrected chi connectivity index (χ1v) is 6.14. The van der Waals surface area contributed by atoms with Crippen molar-refractivity contribution in [1.82, 2.24) is 0 Å². The van der Waals surface area contributed by atoms with Crippen molar-refractivity contribution >= 4 is 23.0 Å². The fraction of sp³-hybridized carbons (Fsp3) is 0.385. The van der Waals surface area contributed by atoms with Crippen molar-refractivity contribution in [2.45, 2.75) is 20.3 Å². The molecule has 0 fully saturated rings. The van der Waals surface area contributed by atoms with Crippen LogP contribution in [-0.4, -0.2) is 22.5 Å². The maximum Gasteiger partial charge on any atom is 0.309 e. The number of carboxylic acid groups (broad SMARTS) is 1. The van der Waals surface area contributed by atoms with Gasteiger partial charge in [-0.05, 0) is 32.4 Å². The second-order valence-electron chi connectivity index (χ2n) is 5.20. The number of nitro groups is 1. The molecule has 8 nitrogen and oxygen atoms in total. The van der Waals surface area contributed by atoms with Crippen LogP contribution in [0, 0.1) is 26.9 Å². The van der Waals surface area contributed by atoms with E-state index in [-0.39, 0.29) is 11.3 Å². The van der Waals surface area contributed by atoms with Crippen molar-refractivity contribution in [3.63, 3.8) is 0 Å². The number of aliphatic carboxylic acids is 1. The second-order valence-corrected chi connectivity index (χ2v) is 5.20. The minimum absolute atomic E-state index is 0.112. The number of nitrogens with zero attached hydrogens (tertiary/aromatic N) is 2. The van der Waals surface area contributed by atoms with E-state index in [2.05, 4.69) is 5.32 Å². The quantitative estimate of drug-likeness (QED) is 0.413. The van der Waals surface area contributed by atoms with E-state index >= 15 is 0 Å². The molecule has 0 aliphatic carbocycles. The SMILES string of the molecule is CC(C)(CCNc1cc(N)c([N+](=O)[O-])c(C#N)c1)C(=O)O. The second kappa shape index (κ2) is 6.09. The summed E-state index contributed by atoms with van der Waals surface area (Å²) in [4.78, 5) is 21.1. The predicted molar refractivity (Wildman–Crippen MR) is 76.7 cm³/mol. The maximum atomic E-state index is 11.0. The fourth-order valence-electron chi connectivity index (χ4n) is 1.67. The average molecular weight is 292 g/mol. The summed E-state index contributed by atoms with van der Waals surface area (Å²) in [5.41, 5.74) is 4.45. The van der Waals surface area contributed by atoms with Gasteiger partial charge < -0.3 is 16.2 Å². The molecule has 0 saturated carbocycles. The average Bonchev–Trinajstić information content (AvgIpc) is 2.36. The normalized spacial score (nSPS) is 10.7. The minimum Gasteiger partial charge on any atom is -0.481 e. The number of nitrogens with two attached hydrogens (primary N) is 1. The van der Waals surface area contributed by atoms with Crippen LogP contribution in [0.4, 0.5) is 17.1 Å². The van der Waals surface area contributed by atoms with Crippen LogP contribution in [-0.2, 0) is 4.79 Å². The highest BCUT2D eigenvalue weighted by molar-refractivity contribution is 5.74. The molecule has 0 bridgehead atoms. The van der Waals surface area contributed by atoms with Crippen LogP contribution in [0.3, 0.4) is 0 Å². The van der Waals surface area contributed by atoms with E-state index in [0.717, 1.165) is 0 Å². The highest BCUT2D eigenvalue weighted by Gasteiger charge is 2.26. The van der Waals surface area contributed by atoms with Gasteiger partial charge in [-0.25, -0.2) is 0 Å². The van der Waals surface area contributed by atoms with Crippen molar-refractivity contribution in [1.29, 1.82) is 5.26 Å². The summed E-state index contributed by atoms with van der Waals surface area (Å²) < 4.78 is 0. The van der Waals surface area contributed by atoms with Gasteiger partial charge in [-0.1, -0.05) is 0 Å². The third-order valence-corrected chi connectivity index (χ3v) is 3.10. The Balaban J connectivity index is 2.88. The molecule has 0 spiro atoms. The summed E-state index contributed by atoms with van der Waals surface area (Å²) in [6.07, 6.45) is 0.348. The lowest BCUT2D eigenvalue weighted by atomic mass is 9.89. The molecule has 0 aliphatic heterocycles. The molecule has 1 rings (SSSR count). The molecule has 112 valence electrons. The Labute approximate surface area is 121 Å². The van der Waals surface area contributed by atoms with Gasteiger partial charge in [-0.3, -0.25) is 14.9 Å². The largest absolute Gasteiger partial charge is 0.481 e. The van der Waals surface area contributed by atoms with E-state index in [1.165, 1.54) is 12.1 Å². The molecule has 1 aromatic rings. The summed E-state index contributed by atoms with van der Waals surface area (Å²) in [7, 11) is 0. The summed E-state index contributed by atoms with van der Waals surface area (Å²) >= 11 is 0. The van der Waals surface area contributed by atoms with Crippen molar-refractivity contribution in [3.8, 4) is 6.07 Å². The Kier molecular flexibility index (Phi) is 4.71. The number of carboxylic acids is 1. The number of rotatable bonds is 6. The van der Waals surface area contributed by atoms with Crippen LogP contribution in [0.25, 0.3) is 0 Å². The summed E-state index contributed by atoms with van der Waals surface area (Å²) in [6.45, 7) is 3.53. The standard InChI is InChI=1S/C13H16N4O4/c1-13(2,12(18)19)3-4-16-9-5-8(7-14)11(17(20)21)10(15)6-9/h5-6,16H,3-4,15H2,1-2H3,(H,18,19). The Hall–Kier alpha value is -2.82. The zero-order valence-electron chi connectivity index (χ0n) is 11.7. The minimum atomic E-state index is -0.912. The number of nitriles is 1.